The molecule has 0 unspecified atom stereocenters. The van der Waals surface area contributed by atoms with E-state index < -0.39 is 4.92 Å². The molecule has 7 heteroatoms. The summed E-state index contributed by atoms with van der Waals surface area (Å²) in [7, 11) is 0. The molecular formula is C12H14N4O2S. The lowest BCUT2D eigenvalue weighted by Crippen LogP contribution is -1.99. The molecule has 0 spiro atoms. The zero-order chi connectivity index (χ0) is 13.7. The molecule has 0 N–H and O–H groups in total. The second kappa shape index (κ2) is 6.33. The average Bonchev–Trinajstić information content (AvgIpc) is 2.88. The highest BCUT2D eigenvalue weighted by Crippen LogP contribution is 2.20. The summed E-state index contributed by atoms with van der Waals surface area (Å²) < 4.78 is 1.75. The van der Waals surface area contributed by atoms with Gasteiger partial charge in [0.05, 0.1) is 4.92 Å². The number of aryl methyl sites for hydroxylation is 1. The number of rotatable bonds is 6. The molecule has 0 aliphatic heterocycles. The number of nitro groups is 1. The SMILES string of the molecule is O=[N+]([O-])c1cccc(-c2ncn(CCCCS)n2)c1. The monoisotopic (exact) mass is 278 g/mol. The van der Waals surface area contributed by atoms with Crippen molar-refractivity contribution in [2.24, 2.45) is 0 Å². The van der Waals surface area contributed by atoms with Crippen LogP contribution in [0.5, 0.6) is 0 Å². The van der Waals surface area contributed by atoms with Gasteiger partial charge in [0.1, 0.15) is 6.33 Å². The van der Waals surface area contributed by atoms with Crippen molar-refractivity contribution < 1.29 is 4.92 Å². The van der Waals surface area contributed by atoms with E-state index in [2.05, 4.69) is 22.7 Å². The van der Waals surface area contributed by atoms with Gasteiger partial charge in [-0.05, 0) is 18.6 Å². The zero-order valence-electron chi connectivity index (χ0n) is 10.3. The van der Waals surface area contributed by atoms with Crippen molar-refractivity contribution in [1.82, 2.24) is 14.8 Å². The lowest BCUT2D eigenvalue weighted by Gasteiger charge is -1.98. The van der Waals surface area contributed by atoms with Crippen LogP contribution in [0.25, 0.3) is 11.4 Å². The smallest absolute Gasteiger partial charge is 0.258 e. The van der Waals surface area contributed by atoms with Crippen LogP contribution in [-0.4, -0.2) is 25.4 Å². The summed E-state index contributed by atoms with van der Waals surface area (Å²) in [5, 5.41) is 15.0. The zero-order valence-corrected chi connectivity index (χ0v) is 11.2. The van der Waals surface area contributed by atoms with Crippen LogP contribution in [0.4, 0.5) is 5.69 Å². The third-order valence-electron chi connectivity index (χ3n) is 2.65. The lowest BCUT2D eigenvalue weighted by molar-refractivity contribution is -0.384. The van der Waals surface area contributed by atoms with Crippen molar-refractivity contribution >= 4 is 18.3 Å². The first-order chi connectivity index (χ1) is 9.20. The van der Waals surface area contributed by atoms with Crippen LogP contribution in [0.3, 0.4) is 0 Å². The predicted molar refractivity (Wildman–Crippen MR) is 75.2 cm³/mol. The Bertz CT molecular complexity index is 570. The van der Waals surface area contributed by atoms with Gasteiger partial charge in [-0.3, -0.25) is 14.8 Å². The van der Waals surface area contributed by atoms with E-state index in [1.165, 1.54) is 12.1 Å². The number of benzene rings is 1. The molecule has 2 aromatic rings. The summed E-state index contributed by atoms with van der Waals surface area (Å²) in [4.78, 5) is 14.5. The Morgan fingerprint density at radius 3 is 2.95 bits per heavy atom. The highest BCUT2D eigenvalue weighted by molar-refractivity contribution is 7.80. The lowest BCUT2D eigenvalue weighted by atomic mass is 10.2. The molecule has 6 nitrogen and oxygen atoms in total. The van der Waals surface area contributed by atoms with E-state index >= 15 is 0 Å². The Morgan fingerprint density at radius 1 is 1.37 bits per heavy atom. The van der Waals surface area contributed by atoms with Gasteiger partial charge in [0.15, 0.2) is 5.82 Å². The normalized spacial score (nSPS) is 10.6. The van der Waals surface area contributed by atoms with Gasteiger partial charge >= 0.3 is 0 Å². The van der Waals surface area contributed by atoms with E-state index in [0.717, 1.165) is 25.1 Å². The van der Waals surface area contributed by atoms with Crippen LogP contribution in [0, 0.1) is 10.1 Å². The highest BCUT2D eigenvalue weighted by Gasteiger charge is 2.10. The fraction of sp³-hybridized carbons (Fsp3) is 0.333. The second-order valence-electron chi connectivity index (χ2n) is 4.07. The Hall–Kier alpha value is -1.89. The fourth-order valence-corrected chi connectivity index (χ4v) is 1.90. The van der Waals surface area contributed by atoms with Crippen molar-refractivity contribution in [1.29, 1.82) is 0 Å². The van der Waals surface area contributed by atoms with Crippen LogP contribution in [0.1, 0.15) is 12.8 Å². The van der Waals surface area contributed by atoms with Gasteiger partial charge in [-0.15, -0.1) is 0 Å². The molecule has 0 radical (unpaired) electrons. The average molecular weight is 278 g/mol. The molecule has 2 rings (SSSR count). The number of aromatic nitrogens is 3. The number of hydrogen-bond acceptors (Lipinski definition) is 5. The molecule has 19 heavy (non-hydrogen) atoms. The minimum Gasteiger partial charge on any atom is -0.258 e. The van der Waals surface area contributed by atoms with E-state index in [4.69, 9.17) is 0 Å². The third-order valence-corrected chi connectivity index (χ3v) is 2.96. The van der Waals surface area contributed by atoms with Crippen LogP contribution in [0.15, 0.2) is 30.6 Å². The first-order valence-corrected chi connectivity index (χ1v) is 6.59. The summed E-state index contributed by atoms with van der Waals surface area (Å²) in [6.45, 7) is 0.780. The number of non-ortho nitro benzene ring substituents is 1. The molecule has 0 aliphatic rings. The maximum absolute atomic E-state index is 10.7. The molecule has 1 heterocycles. The Morgan fingerprint density at radius 2 is 2.21 bits per heavy atom. The quantitative estimate of drug-likeness (QED) is 0.381. The maximum atomic E-state index is 10.7. The van der Waals surface area contributed by atoms with E-state index in [0.29, 0.717) is 11.4 Å². The number of nitrogens with zero attached hydrogens (tertiary/aromatic N) is 4. The summed E-state index contributed by atoms with van der Waals surface area (Å²) in [5.74, 6) is 1.36. The Balaban J connectivity index is 2.13. The molecular weight excluding hydrogens is 264 g/mol. The largest absolute Gasteiger partial charge is 0.270 e. The molecule has 0 saturated carbocycles. The van der Waals surface area contributed by atoms with Crippen LogP contribution >= 0.6 is 12.6 Å². The summed E-state index contributed by atoms with van der Waals surface area (Å²) in [6.07, 6.45) is 3.66. The topological polar surface area (TPSA) is 73.8 Å². The standard InChI is InChI=1S/C12H14N4O2S/c17-16(18)11-5-3-4-10(8-11)12-13-9-15(14-12)6-1-2-7-19/h3-5,8-9,19H,1-2,6-7H2. The number of unbranched alkanes of at least 4 members (excludes halogenated alkanes) is 1. The van der Waals surface area contributed by atoms with Gasteiger partial charge in [0, 0.05) is 24.2 Å². The van der Waals surface area contributed by atoms with Crippen molar-refractivity contribution in [3.05, 3.63) is 40.7 Å². The molecule has 0 amide bonds. The molecule has 100 valence electrons. The summed E-state index contributed by atoms with van der Waals surface area (Å²) in [5.41, 5.74) is 0.700. The van der Waals surface area contributed by atoms with Crippen molar-refractivity contribution in [3.8, 4) is 11.4 Å². The van der Waals surface area contributed by atoms with Gasteiger partial charge in [-0.2, -0.15) is 17.7 Å². The molecule has 0 saturated heterocycles. The summed E-state index contributed by atoms with van der Waals surface area (Å²) in [6, 6.07) is 6.33. The highest BCUT2D eigenvalue weighted by atomic mass is 32.1. The predicted octanol–water partition coefficient (Wildman–Crippen LogP) is 2.56. The first kappa shape index (κ1) is 13.5. The van der Waals surface area contributed by atoms with E-state index in [-0.39, 0.29) is 5.69 Å². The summed E-state index contributed by atoms with van der Waals surface area (Å²) >= 11 is 4.15. The van der Waals surface area contributed by atoms with Gasteiger partial charge in [-0.1, -0.05) is 12.1 Å². The van der Waals surface area contributed by atoms with Crippen LogP contribution in [0.2, 0.25) is 0 Å². The molecule has 1 aromatic carbocycles. The van der Waals surface area contributed by atoms with Crippen molar-refractivity contribution in [3.63, 3.8) is 0 Å². The molecule has 0 bridgehead atoms. The van der Waals surface area contributed by atoms with Crippen LogP contribution < -0.4 is 0 Å². The van der Waals surface area contributed by atoms with Crippen LogP contribution in [-0.2, 0) is 6.54 Å². The van der Waals surface area contributed by atoms with Crippen molar-refractivity contribution in [2.45, 2.75) is 19.4 Å². The van der Waals surface area contributed by atoms with Gasteiger partial charge in [0.2, 0.25) is 0 Å². The number of thiol groups is 1. The maximum Gasteiger partial charge on any atom is 0.270 e. The fourth-order valence-electron chi connectivity index (χ4n) is 1.68. The van der Waals surface area contributed by atoms with Gasteiger partial charge < -0.3 is 0 Å². The number of nitro benzene ring substituents is 1. The Kier molecular flexibility index (Phi) is 4.51. The van der Waals surface area contributed by atoms with E-state index in [1.807, 2.05) is 0 Å². The van der Waals surface area contributed by atoms with E-state index in [9.17, 15) is 10.1 Å². The molecule has 0 atom stereocenters. The van der Waals surface area contributed by atoms with Crippen molar-refractivity contribution in [2.75, 3.05) is 5.75 Å². The Labute approximate surface area is 116 Å². The van der Waals surface area contributed by atoms with E-state index in [1.54, 1.807) is 23.1 Å². The first-order valence-electron chi connectivity index (χ1n) is 5.96. The third kappa shape index (κ3) is 3.54. The van der Waals surface area contributed by atoms with Gasteiger partial charge in [0.25, 0.3) is 5.69 Å². The molecule has 0 aliphatic carbocycles. The minimum atomic E-state index is -0.423. The van der Waals surface area contributed by atoms with Gasteiger partial charge in [-0.25, -0.2) is 4.98 Å². The molecule has 0 fully saturated rings. The molecule has 1 aromatic heterocycles. The second-order valence-corrected chi connectivity index (χ2v) is 4.52. The number of hydrogen-bond donors (Lipinski definition) is 1. The minimum absolute atomic E-state index is 0.0453.